The summed E-state index contributed by atoms with van der Waals surface area (Å²) < 4.78 is 10.8. The molecule has 4 rings (SSSR count). The van der Waals surface area contributed by atoms with Gasteiger partial charge in [-0.1, -0.05) is 49.2 Å². The zero-order valence-corrected chi connectivity index (χ0v) is 17.1. The molecule has 1 N–H and O–H groups in total. The number of ether oxygens (including phenoxy) is 2. The molecule has 1 heterocycles. The summed E-state index contributed by atoms with van der Waals surface area (Å²) >= 11 is 0. The SMILES string of the molecule is COc1ccc(C2/C(=C(/O)c3ccccc3)C(=O)C(=O)N2C2CCCC2)cc1OC. The van der Waals surface area contributed by atoms with E-state index in [1.165, 1.54) is 0 Å². The van der Waals surface area contributed by atoms with E-state index in [1.54, 1.807) is 55.5 Å². The van der Waals surface area contributed by atoms with E-state index in [9.17, 15) is 14.7 Å². The summed E-state index contributed by atoms with van der Waals surface area (Å²) in [7, 11) is 3.09. The molecular formula is C24H25NO5. The minimum Gasteiger partial charge on any atom is -0.507 e. The predicted molar refractivity (Wildman–Crippen MR) is 112 cm³/mol. The van der Waals surface area contributed by atoms with Crippen LogP contribution in [0.5, 0.6) is 11.5 Å². The Morgan fingerprint density at radius 2 is 1.63 bits per heavy atom. The van der Waals surface area contributed by atoms with Gasteiger partial charge in [0.05, 0.1) is 25.8 Å². The molecule has 156 valence electrons. The van der Waals surface area contributed by atoms with Crippen molar-refractivity contribution in [3.05, 3.63) is 65.2 Å². The molecule has 0 radical (unpaired) electrons. The molecule has 0 spiro atoms. The smallest absolute Gasteiger partial charge is 0.295 e. The van der Waals surface area contributed by atoms with Crippen LogP contribution in [0, 0.1) is 0 Å². The van der Waals surface area contributed by atoms with Crippen molar-refractivity contribution in [3.63, 3.8) is 0 Å². The highest BCUT2D eigenvalue weighted by molar-refractivity contribution is 6.46. The zero-order chi connectivity index (χ0) is 21.3. The van der Waals surface area contributed by atoms with Crippen molar-refractivity contribution in [1.29, 1.82) is 0 Å². The third kappa shape index (κ3) is 3.32. The van der Waals surface area contributed by atoms with Crippen LogP contribution in [0.2, 0.25) is 0 Å². The molecule has 2 aliphatic rings. The molecule has 1 saturated carbocycles. The Morgan fingerprint density at radius 3 is 2.27 bits per heavy atom. The quantitative estimate of drug-likeness (QED) is 0.459. The Kier molecular flexibility index (Phi) is 5.48. The van der Waals surface area contributed by atoms with E-state index in [2.05, 4.69) is 0 Å². The first kappa shape index (κ1) is 20.0. The number of rotatable bonds is 5. The normalized spacial score (nSPS) is 21.3. The van der Waals surface area contributed by atoms with Crippen molar-refractivity contribution in [2.75, 3.05) is 14.2 Å². The van der Waals surface area contributed by atoms with Gasteiger partial charge in [-0.2, -0.15) is 0 Å². The van der Waals surface area contributed by atoms with E-state index >= 15 is 0 Å². The molecule has 0 aromatic heterocycles. The lowest BCUT2D eigenvalue weighted by atomic mass is 9.94. The molecule has 1 amide bonds. The van der Waals surface area contributed by atoms with E-state index < -0.39 is 17.7 Å². The fourth-order valence-corrected chi connectivity index (χ4v) is 4.51. The van der Waals surface area contributed by atoms with Crippen molar-refractivity contribution >= 4 is 17.4 Å². The van der Waals surface area contributed by atoms with Crippen LogP contribution in [0.15, 0.2) is 54.1 Å². The van der Waals surface area contributed by atoms with Crippen molar-refractivity contribution in [2.24, 2.45) is 0 Å². The van der Waals surface area contributed by atoms with Crippen LogP contribution < -0.4 is 9.47 Å². The molecule has 1 saturated heterocycles. The molecule has 2 fully saturated rings. The molecule has 1 aliphatic carbocycles. The summed E-state index contributed by atoms with van der Waals surface area (Å²) in [4.78, 5) is 27.8. The first-order chi connectivity index (χ1) is 14.6. The second kappa shape index (κ2) is 8.22. The third-order valence-corrected chi connectivity index (χ3v) is 5.97. The fourth-order valence-electron chi connectivity index (χ4n) is 4.51. The van der Waals surface area contributed by atoms with Gasteiger partial charge in [-0.05, 0) is 30.5 Å². The van der Waals surface area contributed by atoms with Crippen LogP contribution in [-0.4, -0.2) is 42.0 Å². The van der Waals surface area contributed by atoms with E-state index in [0.717, 1.165) is 25.7 Å². The molecule has 6 nitrogen and oxygen atoms in total. The summed E-state index contributed by atoms with van der Waals surface area (Å²) in [5, 5.41) is 11.1. The summed E-state index contributed by atoms with van der Waals surface area (Å²) in [6, 6.07) is 13.5. The van der Waals surface area contributed by atoms with E-state index in [-0.39, 0.29) is 17.4 Å². The second-order valence-corrected chi connectivity index (χ2v) is 7.63. The number of likely N-dealkylation sites (tertiary alicyclic amines) is 1. The van der Waals surface area contributed by atoms with Gasteiger partial charge in [-0.15, -0.1) is 0 Å². The van der Waals surface area contributed by atoms with E-state index in [1.807, 2.05) is 12.1 Å². The standard InChI is InChI=1S/C24H25NO5/c1-29-18-13-12-16(14-19(18)30-2)21-20(22(26)15-8-4-3-5-9-15)23(27)24(28)25(21)17-10-6-7-11-17/h3-5,8-9,12-14,17,21,26H,6-7,10-11H2,1-2H3/b22-20-. The fraction of sp³-hybridized carbons (Fsp3) is 0.333. The molecule has 0 bridgehead atoms. The highest BCUT2D eigenvalue weighted by Gasteiger charge is 2.49. The van der Waals surface area contributed by atoms with Gasteiger partial charge in [0.1, 0.15) is 5.76 Å². The maximum atomic E-state index is 13.1. The van der Waals surface area contributed by atoms with Crippen molar-refractivity contribution in [1.82, 2.24) is 4.90 Å². The number of aliphatic hydroxyl groups is 1. The Labute approximate surface area is 175 Å². The molecule has 6 heteroatoms. The number of aliphatic hydroxyl groups excluding tert-OH is 1. The number of Topliss-reactive ketones (excluding diaryl/α,β-unsaturated/α-hetero) is 1. The number of ketones is 1. The number of amides is 1. The number of nitrogens with zero attached hydrogens (tertiary/aromatic N) is 1. The van der Waals surface area contributed by atoms with Gasteiger partial charge in [0.25, 0.3) is 11.7 Å². The van der Waals surface area contributed by atoms with Crippen LogP contribution in [0.25, 0.3) is 5.76 Å². The number of methoxy groups -OCH3 is 2. The largest absolute Gasteiger partial charge is 0.507 e. The average Bonchev–Trinajstić information content (AvgIpc) is 3.40. The molecular weight excluding hydrogens is 382 g/mol. The maximum absolute atomic E-state index is 13.1. The van der Waals surface area contributed by atoms with Gasteiger partial charge in [-0.25, -0.2) is 0 Å². The van der Waals surface area contributed by atoms with Gasteiger partial charge in [0.2, 0.25) is 0 Å². The topological polar surface area (TPSA) is 76.1 Å². The minimum absolute atomic E-state index is 0.0272. The number of hydrogen-bond donors (Lipinski definition) is 1. The summed E-state index contributed by atoms with van der Waals surface area (Å²) in [5.41, 5.74) is 1.33. The molecule has 1 atom stereocenters. The first-order valence-corrected chi connectivity index (χ1v) is 10.1. The molecule has 2 aromatic rings. The van der Waals surface area contributed by atoms with Crippen molar-refractivity contribution < 1.29 is 24.2 Å². The lowest BCUT2D eigenvalue weighted by Gasteiger charge is -2.31. The Morgan fingerprint density at radius 1 is 0.967 bits per heavy atom. The summed E-state index contributed by atoms with van der Waals surface area (Å²) in [5.74, 6) is -0.301. The second-order valence-electron chi connectivity index (χ2n) is 7.63. The van der Waals surface area contributed by atoms with Gasteiger partial charge in [0.15, 0.2) is 11.5 Å². The molecule has 30 heavy (non-hydrogen) atoms. The molecule has 1 unspecified atom stereocenters. The number of carbonyl (C=O) groups is 2. The predicted octanol–water partition coefficient (Wildman–Crippen LogP) is 4.07. The van der Waals surface area contributed by atoms with Crippen LogP contribution in [0.1, 0.15) is 42.9 Å². The summed E-state index contributed by atoms with van der Waals surface area (Å²) in [6.45, 7) is 0. The Bertz CT molecular complexity index is 992. The van der Waals surface area contributed by atoms with Gasteiger partial charge < -0.3 is 19.5 Å². The van der Waals surface area contributed by atoms with Crippen molar-refractivity contribution in [3.8, 4) is 11.5 Å². The number of hydrogen-bond acceptors (Lipinski definition) is 5. The highest BCUT2D eigenvalue weighted by atomic mass is 16.5. The first-order valence-electron chi connectivity index (χ1n) is 10.1. The Hall–Kier alpha value is -3.28. The van der Waals surface area contributed by atoms with Gasteiger partial charge in [-0.3, -0.25) is 9.59 Å². The summed E-state index contributed by atoms with van der Waals surface area (Å²) in [6.07, 6.45) is 3.74. The van der Waals surface area contributed by atoms with E-state index in [0.29, 0.717) is 22.6 Å². The van der Waals surface area contributed by atoms with E-state index in [4.69, 9.17) is 9.47 Å². The average molecular weight is 407 g/mol. The lowest BCUT2D eigenvalue weighted by Crippen LogP contribution is -2.37. The highest BCUT2D eigenvalue weighted by Crippen LogP contribution is 2.45. The van der Waals surface area contributed by atoms with Crippen molar-refractivity contribution in [2.45, 2.75) is 37.8 Å². The molecule has 1 aliphatic heterocycles. The van der Waals surface area contributed by atoms with Crippen LogP contribution in [0.3, 0.4) is 0 Å². The number of carbonyl (C=O) groups excluding carboxylic acids is 2. The zero-order valence-electron chi connectivity index (χ0n) is 17.1. The minimum atomic E-state index is -0.673. The third-order valence-electron chi connectivity index (χ3n) is 5.97. The monoisotopic (exact) mass is 407 g/mol. The van der Waals surface area contributed by atoms with Crippen LogP contribution in [-0.2, 0) is 9.59 Å². The number of benzene rings is 2. The van der Waals surface area contributed by atoms with Gasteiger partial charge in [0, 0.05) is 11.6 Å². The molecule has 2 aromatic carbocycles. The Balaban J connectivity index is 1.90. The van der Waals surface area contributed by atoms with Crippen LogP contribution in [0.4, 0.5) is 0 Å². The van der Waals surface area contributed by atoms with Gasteiger partial charge >= 0.3 is 0 Å². The lowest BCUT2D eigenvalue weighted by molar-refractivity contribution is -0.141. The maximum Gasteiger partial charge on any atom is 0.295 e. The van der Waals surface area contributed by atoms with Crippen LogP contribution >= 0.6 is 0 Å².